The van der Waals surface area contributed by atoms with Crippen molar-refractivity contribution in [1.29, 1.82) is 0 Å². The van der Waals surface area contributed by atoms with Crippen molar-refractivity contribution in [3.05, 3.63) is 42.5 Å². The van der Waals surface area contributed by atoms with E-state index in [2.05, 4.69) is 10.6 Å². The number of carbonyl (C=O) groups excluding carboxylic acids is 1. The number of ether oxygens (including phenoxy) is 3. The van der Waals surface area contributed by atoms with E-state index in [0.717, 1.165) is 11.4 Å². The Labute approximate surface area is 134 Å². The first-order valence-electron chi connectivity index (χ1n) is 7.32. The molecule has 0 saturated carbocycles. The zero-order valence-electron chi connectivity index (χ0n) is 12.8. The number of hydrogen-bond acceptors (Lipinski definition) is 5. The Kier molecular flexibility index (Phi) is 4.52. The average Bonchev–Trinajstić information content (AvgIpc) is 2.60. The Hall–Kier alpha value is -2.89. The Morgan fingerprint density at radius 1 is 1.04 bits per heavy atom. The number of carbonyl (C=O) groups is 1. The largest absolute Gasteiger partial charge is 0.497 e. The van der Waals surface area contributed by atoms with Gasteiger partial charge in [-0.25, -0.2) is 0 Å². The van der Waals surface area contributed by atoms with Crippen molar-refractivity contribution in [2.45, 2.75) is 0 Å². The SMILES string of the molecule is COc1ccc(NCC(=O)Nc2ccc3c(c2)OCCO3)cc1. The molecule has 0 unspecified atom stereocenters. The van der Waals surface area contributed by atoms with Gasteiger partial charge in [0, 0.05) is 17.4 Å². The van der Waals surface area contributed by atoms with Gasteiger partial charge in [0.25, 0.3) is 0 Å². The molecule has 0 aliphatic carbocycles. The van der Waals surface area contributed by atoms with Gasteiger partial charge in [0.2, 0.25) is 5.91 Å². The number of nitrogens with one attached hydrogen (secondary N) is 2. The summed E-state index contributed by atoms with van der Waals surface area (Å²) >= 11 is 0. The first-order valence-corrected chi connectivity index (χ1v) is 7.32. The van der Waals surface area contributed by atoms with E-state index in [9.17, 15) is 4.79 Å². The molecule has 23 heavy (non-hydrogen) atoms. The summed E-state index contributed by atoms with van der Waals surface area (Å²) < 4.78 is 16.0. The predicted octanol–water partition coefficient (Wildman–Crippen LogP) is 2.52. The van der Waals surface area contributed by atoms with Gasteiger partial charge >= 0.3 is 0 Å². The second-order valence-corrected chi connectivity index (χ2v) is 4.99. The summed E-state index contributed by atoms with van der Waals surface area (Å²) in [6.45, 7) is 1.23. The number of fused-ring (bicyclic) bond motifs is 1. The third-order valence-corrected chi connectivity index (χ3v) is 3.37. The molecule has 120 valence electrons. The minimum Gasteiger partial charge on any atom is -0.497 e. The van der Waals surface area contributed by atoms with Crippen LogP contribution in [-0.4, -0.2) is 32.8 Å². The molecule has 0 fully saturated rings. The van der Waals surface area contributed by atoms with Crippen LogP contribution in [0.3, 0.4) is 0 Å². The van der Waals surface area contributed by atoms with Crippen molar-refractivity contribution in [1.82, 2.24) is 0 Å². The summed E-state index contributed by atoms with van der Waals surface area (Å²) in [5, 5.41) is 5.88. The van der Waals surface area contributed by atoms with Gasteiger partial charge in [0.05, 0.1) is 13.7 Å². The first-order chi connectivity index (χ1) is 11.2. The number of methoxy groups -OCH3 is 1. The number of hydrogen-bond donors (Lipinski definition) is 2. The van der Waals surface area contributed by atoms with E-state index in [1.165, 1.54) is 0 Å². The lowest BCUT2D eigenvalue weighted by Crippen LogP contribution is -2.22. The maximum Gasteiger partial charge on any atom is 0.243 e. The van der Waals surface area contributed by atoms with Gasteiger partial charge in [-0.2, -0.15) is 0 Å². The highest BCUT2D eigenvalue weighted by Crippen LogP contribution is 2.32. The fourth-order valence-electron chi connectivity index (χ4n) is 2.22. The fraction of sp³-hybridized carbons (Fsp3) is 0.235. The monoisotopic (exact) mass is 314 g/mol. The molecule has 1 aliphatic heterocycles. The van der Waals surface area contributed by atoms with Crippen LogP contribution < -0.4 is 24.8 Å². The normalized spacial score (nSPS) is 12.4. The minimum absolute atomic E-state index is 0.141. The quantitative estimate of drug-likeness (QED) is 0.887. The Morgan fingerprint density at radius 3 is 2.48 bits per heavy atom. The summed E-state index contributed by atoms with van der Waals surface area (Å²) in [5.74, 6) is 1.98. The van der Waals surface area contributed by atoms with E-state index in [1.54, 1.807) is 25.3 Å². The molecule has 1 amide bonds. The summed E-state index contributed by atoms with van der Waals surface area (Å²) in [6, 6.07) is 12.7. The molecule has 2 aromatic rings. The molecule has 2 aromatic carbocycles. The lowest BCUT2D eigenvalue weighted by molar-refractivity contribution is -0.114. The highest BCUT2D eigenvalue weighted by molar-refractivity contribution is 5.94. The fourth-order valence-corrected chi connectivity index (χ4v) is 2.22. The molecule has 1 heterocycles. The Bertz CT molecular complexity index is 685. The minimum atomic E-state index is -0.141. The molecule has 0 radical (unpaired) electrons. The molecule has 6 nitrogen and oxygen atoms in total. The van der Waals surface area contributed by atoms with Crippen LogP contribution in [0.25, 0.3) is 0 Å². The highest BCUT2D eigenvalue weighted by atomic mass is 16.6. The Balaban J connectivity index is 1.54. The summed E-state index contributed by atoms with van der Waals surface area (Å²) in [5.41, 5.74) is 1.53. The number of amides is 1. The van der Waals surface area contributed by atoms with Crippen molar-refractivity contribution >= 4 is 17.3 Å². The third-order valence-electron chi connectivity index (χ3n) is 3.37. The van der Waals surface area contributed by atoms with Gasteiger partial charge in [-0.1, -0.05) is 0 Å². The van der Waals surface area contributed by atoms with Crippen LogP contribution in [0.15, 0.2) is 42.5 Å². The maximum absolute atomic E-state index is 12.0. The van der Waals surface area contributed by atoms with Gasteiger partial charge in [0.15, 0.2) is 11.5 Å². The maximum atomic E-state index is 12.0. The van der Waals surface area contributed by atoms with E-state index in [4.69, 9.17) is 14.2 Å². The van der Waals surface area contributed by atoms with E-state index in [-0.39, 0.29) is 12.5 Å². The lowest BCUT2D eigenvalue weighted by Gasteiger charge is -2.19. The second kappa shape index (κ2) is 6.91. The van der Waals surface area contributed by atoms with Crippen LogP contribution in [0, 0.1) is 0 Å². The zero-order valence-corrected chi connectivity index (χ0v) is 12.8. The number of anilines is 2. The van der Waals surface area contributed by atoms with Crippen molar-refractivity contribution in [3.8, 4) is 17.2 Å². The zero-order chi connectivity index (χ0) is 16.1. The van der Waals surface area contributed by atoms with Crippen LogP contribution in [0.4, 0.5) is 11.4 Å². The summed E-state index contributed by atoms with van der Waals surface area (Å²) in [7, 11) is 1.61. The summed E-state index contributed by atoms with van der Waals surface area (Å²) in [4.78, 5) is 12.0. The van der Waals surface area contributed by atoms with Gasteiger partial charge < -0.3 is 24.8 Å². The Morgan fingerprint density at radius 2 is 1.74 bits per heavy atom. The van der Waals surface area contributed by atoms with Crippen LogP contribution >= 0.6 is 0 Å². The first kappa shape index (κ1) is 15.0. The molecule has 1 aliphatic rings. The molecule has 0 bridgehead atoms. The number of rotatable bonds is 5. The van der Waals surface area contributed by atoms with E-state index in [0.29, 0.717) is 30.4 Å². The van der Waals surface area contributed by atoms with Crippen LogP contribution in [-0.2, 0) is 4.79 Å². The van der Waals surface area contributed by atoms with Gasteiger partial charge in [0.1, 0.15) is 19.0 Å². The molecule has 0 aromatic heterocycles. The molecular formula is C17H18N2O4. The van der Waals surface area contributed by atoms with Gasteiger partial charge in [-0.15, -0.1) is 0 Å². The van der Waals surface area contributed by atoms with Crippen LogP contribution in [0.2, 0.25) is 0 Å². The molecule has 0 saturated heterocycles. The van der Waals surface area contributed by atoms with E-state index >= 15 is 0 Å². The molecular weight excluding hydrogens is 296 g/mol. The topological polar surface area (TPSA) is 68.8 Å². The van der Waals surface area contributed by atoms with Gasteiger partial charge in [-0.3, -0.25) is 4.79 Å². The van der Waals surface area contributed by atoms with Crippen molar-refractivity contribution in [2.24, 2.45) is 0 Å². The summed E-state index contributed by atoms with van der Waals surface area (Å²) in [6.07, 6.45) is 0. The average molecular weight is 314 g/mol. The van der Waals surface area contributed by atoms with Crippen molar-refractivity contribution < 1.29 is 19.0 Å². The van der Waals surface area contributed by atoms with Gasteiger partial charge in [-0.05, 0) is 36.4 Å². The van der Waals surface area contributed by atoms with E-state index in [1.807, 2.05) is 24.3 Å². The molecule has 6 heteroatoms. The van der Waals surface area contributed by atoms with Crippen LogP contribution in [0.1, 0.15) is 0 Å². The number of benzene rings is 2. The highest BCUT2D eigenvalue weighted by Gasteiger charge is 2.12. The van der Waals surface area contributed by atoms with E-state index < -0.39 is 0 Å². The molecule has 2 N–H and O–H groups in total. The molecule has 3 rings (SSSR count). The van der Waals surface area contributed by atoms with Crippen molar-refractivity contribution in [3.63, 3.8) is 0 Å². The second-order valence-electron chi connectivity index (χ2n) is 4.99. The standard InChI is InChI=1S/C17H18N2O4/c1-21-14-5-2-12(3-6-14)18-11-17(20)19-13-4-7-15-16(10-13)23-9-8-22-15/h2-7,10,18H,8-9,11H2,1H3,(H,19,20). The lowest BCUT2D eigenvalue weighted by atomic mass is 10.2. The van der Waals surface area contributed by atoms with Crippen molar-refractivity contribution in [2.75, 3.05) is 37.5 Å². The van der Waals surface area contributed by atoms with Crippen LogP contribution in [0.5, 0.6) is 17.2 Å². The molecule has 0 atom stereocenters. The smallest absolute Gasteiger partial charge is 0.243 e. The third kappa shape index (κ3) is 3.85. The predicted molar refractivity (Wildman–Crippen MR) is 87.5 cm³/mol. The molecule has 0 spiro atoms.